The van der Waals surface area contributed by atoms with Crippen LogP contribution in [0.3, 0.4) is 0 Å². The molecule has 0 saturated carbocycles. The van der Waals surface area contributed by atoms with Gasteiger partial charge < -0.3 is 37.2 Å². The normalized spacial score (nSPS) is 18.3. The number of aliphatic carboxylic acids is 2. The van der Waals surface area contributed by atoms with Crippen molar-refractivity contribution >= 4 is 29.7 Å². The number of hydrogen-bond acceptors (Lipinski definition) is 7. The molecule has 1 heterocycles. The van der Waals surface area contributed by atoms with Crippen LogP contribution in [-0.4, -0.2) is 82.0 Å². The number of likely N-dealkylation sites (tertiary alicyclic amines) is 1. The summed E-state index contributed by atoms with van der Waals surface area (Å²) in [5.41, 5.74) is 11.5. The molecule has 34 heavy (non-hydrogen) atoms. The van der Waals surface area contributed by atoms with Crippen LogP contribution in [0.5, 0.6) is 0 Å². The van der Waals surface area contributed by atoms with E-state index in [1.54, 1.807) is 0 Å². The predicted octanol–water partition coefficient (Wildman–Crippen LogP) is -0.601. The maximum atomic E-state index is 13.0. The molecule has 1 rings (SSSR count). The summed E-state index contributed by atoms with van der Waals surface area (Å²) in [7, 11) is 0. The maximum absolute atomic E-state index is 13.0. The largest absolute Gasteiger partial charge is 0.481 e. The molecule has 0 aromatic heterocycles. The Morgan fingerprint density at radius 3 is 2.26 bits per heavy atom. The molecule has 8 N–H and O–H groups in total. The summed E-state index contributed by atoms with van der Waals surface area (Å²) in [6.07, 6.45) is 2.50. The number of nitrogens with zero attached hydrogens (tertiary/aromatic N) is 1. The summed E-state index contributed by atoms with van der Waals surface area (Å²) >= 11 is 0. The second-order valence-corrected chi connectivity index (χ2v) is 9.10. The van der Waals surface area contributed by atoms with Gasteiger partial charge in [0.25, 0.3) is 0 Å². The van der Waals surface area contributed by atoms with Crippen LogP contribution in [0.4, 0.5) is 0 Å². The molecule has 194 valence electrons. The Morgan fingerprint density at radius 1 is 1.03 bits per heavy atom. The lowest BCUT2D eigenvalue weighted by Crippen LogP contribution is -2.56. The van der Waals surface area contributed by atoms with Gasteiger partial charge in [0.15, 0.2) is 0 Å². The van der Waals surface area contributed by atoms with E-state index in [-0.39, 0.29) is 24.7 Å². The number of nitrogens with two attached hydrogens (primary N) is 2. The number of carboxylic acid groups (broad SMARTS) is 2. The van der Waals surface area contributed by atoms with Crippen molar-refractivity contribution in [3.05, 3.63) is 0 Å². The molecule has 1 aliphatic heterocycles. The van der Waals surface area contributed by atoms with Gasteiger partial charge >= 0.3 is 11.9 Å². The van der Waals surface area contributed by atoms with E-state index in [0.717, 1.165) is 6.42 Å². The maximum Gasteiger partial charge on any atom is 0.326 e. The molecule has 0 bridgehead atoms. The lowest BCUT2D eigenvalue weighted by Gasteiger charge is -2.29. The number of carboxylic acids is 2. The molecule has 4 unspecified atom stereocenters. The summed E-state index contributed by atoms with van der Waals surface area (Å²) in [6, 6.07) is -3.93. The van der Waals surface area contributed by atoms with Gasteiger partial charge in [-0.3, -0.25) is 19.2 Å². The minimum atomic E-state index is -1.40. The molecule has 1 fully saturated rings. The van der Waals surface area contributed by atoms with E-state index >= 15 is 0 Å². The molecule has 0 aromatic rings. The zero-order valence-electron chi connectivity index (χ0n) is 20.0. The predicted molar refractivity (Wildman–Crippen MR) is 123 cm³/mol. The van der Waals surface area contributed by atoms with Crippen molar-refractivity contribution in [2.75, 3.05) is 13.1 Å². The van der Waals surface area contributed by atoms with Gasteiger partial charge in [0, 0.05) is 13.0 Å². The SMILES string of the molecule is CC(C)CC(NC(=O)C1CCCN1C(=O)C(N)CCCCN)C(=O)NC(CCC(=O)O)C(=O)O. The molecule has 4 atom stereocenters. The molecular weight excluding hydrogens is 446 g/mol. The lowest BCUT2D eigenvalue weighted by atomic mass is 10.0. The Balaban J connectivity index is 2.86. The molecule has 0 aromatic carbocycles. The fourth-order valence-electron chi connectivity index (χ4n) is 3.92. The van der Waals surface area contributed by atoms with Crippen molar-refractivity contribution in [2.45, 2.75) is 89.4 Å². The van der Waals surface area contributed by atoms with Crippen molar-refractivity contribution in [2.24, 2.45) is 17.4 Å². The van der Waals surface area contributed by atoms with Crippen molar-refractivity contribution in [3.63, 3.8) is 0 Å². The number of carbonyl (C=O) groups is 5. The third-order valence-corrected chi connectivity index (χ3v) is 5.73. The summed E-state index contributed by atoms with van der Waals surface area (Å²) in [5, 5.41) is 23.1. The van der Waals surface area contributed by atoms with Crippen molar-refractivity contribution in [3.8, 4) is 0 Å². The van der Waals surface area contributed by atoms with Gasteiger partial charge in [0.05, 0.1) is 6.04 Å². The second-order valence-electron chi connectivity index (χ2n) is 9.10. The molecule has 0 aliphatic carbocycles. The van der Waals surface area contributed by atoms with E-state index < -0.39 is 54.3 Å². The van der Waals surface area contributed by atoms with Crippen LogP contribution in [0.25, 0.3) is 0 Å². The van der Waals surface area contributed by atoms with E-state index in [2.05, 4.69) is 10.6 Å². The Hall–Kier alpha value is -2.73. The van der Waals surface area contributed by atoms with Gasteiger partial charge in [-0.25, -0.2) is 4.79 Å². The molecular formula is C22H39N5O7. The first-order valence-corrected chi connectivity index (χ1v) is 11.8. The molecule has 1 aliphatic rings. The molecule has 0 spiro atoms. The van der Waals surface area contributed by atoms with Gasteiger partial charge in [0.2, 0.25) is 17.7 Å². The van der Waals surface area contributed by atoms with E-state index in [0.29, 0.717) is 38.8 Å². The molecule has 12 nitrogen and oxygen atoms in total. The van der Waals surface area contributed by atoms with Crippen LogP contribution in [0, 0.1) is 5.92 Å². The fourth-order valence-corrected chi connectivity index (χ4v) is 3.92. The van der Waals surface area contributed by atoms with Crippen LogP contribution in [0.15, 0.2) is 0 Å². The van der Waals surface area contributed by atoms with E-state index in [9.17, 15) is 29.1 Å². The van der Waals surface area contributed by atoms with E-state index in [4.69, 9.17) is 16.6 Å². The average molecular weight is 486 g/mol. The van der Waals surface area contributed by atoms with Crippen molar-refractivity contribution < 1.29 is 34.2 Å². The zero-order valence-corrected chi connectivity index (χ0v) is 20.0. The van der Waals surface area contributed by atoms with Crippen LogP contribution in [-0.2, 0) is 24.0 Å². The number of rotatable bonds is 15. The first-order chi connectivity index (χ1) is 16.0. The summed E-state index contributed by atoms with van der Waals surface area (Å²) in [4.78, 5) is 62.3. The van der Waals surface area contributed by atoms with Gasteiger partial charge in [-0.1, -0.05) is 20.3 Å². The van der Waals surface area contributed by atoms with Gasteiger partial charge in [-0.15, -0.1) is 0 Å². The quantitative estimate of drug-likeness (QED) is 0.163. The highest BCUT2D eigenvalue weighted by Crippen LogP contribution is 2.20. The second kappa shape index (κ2) is 14.5. The standard InChI is InChI=1S/C22H39N5O7/c1-13(2)12-16(19(30)25-15(22(33)34)8-9-18(28)29)26-20(31)17-7-5-11-27(17)21(32)14(24)6-3-4-10-23/h13-17H,3-12,23-24H2,1-2H3,(H,25,30)(H,26,31)(H,28,29)(H,33,34). The fraction of sp³-hybridized carbons (Fsp3) is 0.773. The van der Waals surface area contributed by atoms with Crippen molar-refractivity contribution in [1.82, 2.24) is 15.5 Å². The Labute approximate surface area is 199 Å². The highest BCUT2D eigenvalue weighted by atomic mass is 16.4. The smallest absolute Gasteiger partial charge is 0.326 e. The average Bonchev–Trinajstić information content (AvgIpc) is 3.24. The van der Waals surface area contributed by atoms with Crippen LogP contribution < -0.4 is 22.1 Å². The Bertz CT molecular complexity index is 730. The van der Waals surface area contributed by atoms with E-state index in [1.165, 1.54) is 4.90 Å². The summed E-state index contributed by atoms with van der Waals surface area (Å²) < 4.78 is 0. The minimum Gasteiger partial charge on any atom is -0.481 e. The zero-order chi connectivity index (χ0) is 25.8. The first kappa shape index (κ1) is 29.3. The van der Waals surface area contributed by atoms with Crippen molar-refractivity contribution in [1.29, 1.82) is 0 Å². The number of unbranched alkanes of at least 4 members (excludes halogenated alkanes) is 1. The van der Waals surface area contributed by atoms with Gasteiger partial charge in [-0.2, -0.15) is 0 Å². The molecule has 3 amide bonds. The number of nitrogens with one attached hydrogen (secondary N) is 2. The minimum absolute atomic E-state index is 0.00405. The van der Waals surface area contributed by atoms with Crippen LogP contribution >= 0.6 is 0 Å². The van der Waals surface area contributed by atoms with Gasteiger partial charge in [0.1, 0.15) is 18.1 Å². The topological polar surface area (TPSA) is 205 Å². The van der Waals surface area contributed by atoms with E-state index in [1.807, 2.05) is 13.8 Å². The summed E-state index contributed by atoms with van der Waals surface area (Å²) in [6.45, 7) is 4.58. The summed E-state index contributed by atoms with van der Waals surface area (Å²) in [5.74, 6) is -4.08. The molecule has 12 heteroatoms. The van der Waals surface area contributed by atoms with Crippen LogP contribution in [0.1, 0.15) is 65.2 Å². The Morgan fingerprint density at radius 2 is 1.71 bits per heavy atom. The third kappa shape index (κ3) is 9.64. The highest BCUT2D eigenvalue weighted by molar-refractivity contribution is 5.94. The lowest BCUT2D eigenvalue weighted by molar-refractivity contribution is -0.144. The number of amides is 3. The van der Waals surface area contributed by atoms with Crippen LogP contribution in [0.2, 0.25) is 0 Å². The highest BCUT2D eigenvalue weighted by Gasteiger charge is 2.38. The molecule has 0 radical (unpaired) electrons. The van der Waals surface area contributed by atoms with Gasteiger partial charge in [-0.05, 0) is 51.0 Å². The molecule has 1 saturated heterocycles. The monoisotopic (exact) mass is 485 g/mol. The third-order valence-electron chi connectivity index (χ3n) is 5.73. The number of carbonyl (C=O) groups excluding carboxylic acids is 3. The Kier molecular flexibility index (Phi) is 12.5. The number of hydrogen-bond donors (Lipinski definition) is 6. The first-order valence-electron chi connectivity index (χ1n) is 11.8.